The number of rotatable bonds is 11. The lowest BCUT2D eigenvalue weighted by Gasteiger charge is -2.18. The van der Waals surface area contributed by atoms with E-state index in [1.165, 1.54) is 62.5 Å². The molecule has 110 valence electrons. The van der Waals surface area contributed by atoms with Crippen molar-refractivity contribution in [1.29, 1.82) is 0 Å². The van der Waals surface area contributed by atoms with Crippen LogP contribution in [0.3, 0.4) is 0 Å². The van der Waals surface area contributed by atoms with Gasteiger partial charge in [-0.15, -0.1) is 0 Å². The smallest absolute Gasteiger partial charge is 0.0331 e. The van der Waals surface area contributed by atoms with Crippen molar-refractivity contribution in [3.8, 4) is 0 Å². The first-order valence-corrected chi connectivity index (χ1v) is 8.99. The first-order valence-electron chi connectivity index (χ1n) is 8.05. The summed E-state index contributed by atoms with van der Waals surface area (Å²) >= 11 is 1.84. The van der Waals surface area contributed by atoms with Crippen LogP contribution in [-0.4, -0.2) is 6.54 Å². The van der Waals surface area contributed by atoms with E-state index in [0.717, 1.165) is 6.54 Å². The van der Waals surface area contributed by atoms with Gasteiger partial charge in [0.25, 0.3) is 0 Å². The van der Waals surface area contributed by atoms with Gasteiger partial charge in [0.15, 0.2) is 0 Å². The highest BCUT2D eigenvalue weighted by Crippen LogP contribution is 2.26. The molecule has 0 bridgehead atoms. The van der Waals surface area contributed by atoms with Crippen LogP contribution in [0.5, 0.6) is 0 Å². The number of hydrogen-bond donors (Lipinski definition) is 1. The molecule has 1 heterocycles. The summed E-state index contributed by atoms with van der Waals surface area (Å²) in [6, 6.07) is 0.581. The van der Waals surface area contributed by atoms with Gasteiger partial charge < -0.3 is 5.32 Å². The largest absolute Gasteiger partial charge is 0.310 e. The zero-order valence-corrected chi connectivity index (χ0v) is 13.8. The van der Waals surface area contributed by atoms with Crippen molar-refractivity contribution in [2.24, 2.45) is 0 Å². The highest BCUT2D eigenvalue weighted by molar-refractivity contribution is 7.08. The van der Waals surface area contributed by atoms with Crippen molar-refractivity contribution in [1.82, 2.24) is 5.32 Å². The Morgan fingerprint density at radius 1 is 1.00 bits per heavy atom. The molecule has 19 heavy (non-hydrogen) atoms. The molecular weight excluding hydrogens is 250 g/mol. The van der Waals surface area contributed by atoms with Gasteiger partial charge >= 0.3 is 0 Å². The Morgan fingerprint density at radius 3 is 2.37 bits per heavy atom. The Morgan fingerprint density at radius 2 is 1.74 bits per heavy atom. The Kier molecular flexibility index (Phi) is 9.19. The molecule has 1 rings (SSSR count). The molecule has 1 unspecified atom stereocenters. The van der Waals surface area contributed by atoms with Crippen LogP contribution in [0.2, 0.25) is 0 Å². The first kappa shape index (κ1) is 16.7. The van der Waals surface area contributed by atoms with Crippen LogP contribution in [0.25, 0.3) is 0 Å². The predicted octanol–water partition coefficient (Wildman–Crippen LogP) is 5.85. The summed E-state index contributed by atoms with van der Waals surface area (Å²) < 4.78 is 0. The van der Waals surface area contributed by atoms with E-state index < -0.39 is 0 Å². The third-order valence-corrected chi connectivity index (χ3v) is 4.64. The maximum atomic E-state index is 3.72. The van der Waals surface area contributed by atoms with Crippen LogP contribution in [0.15, 0.2) is 10.8 Å². The Labute approximate surface area is 123 Å². The second-order valence-electron chi connectivity index (χ2n) is 5.57. The van der Waals surface area contributed by atoms with E-state index in [1.807, 2.05) is 11.3 Å². The molecule has 0 radical (unpaired) electrons. The fourth-order valence-corrected chi connectivity index (χ4v) is 3.45. The minimum absolute atomic E-state index is 0.581. The lowest BCUT2D eigenvalue weighted by molar-refractivity contribution is 0.466. The van der Waals surface area contributed by atoms with Crippen LogP contribution in [-0.2, 0) is 0 Å². The number of hydrogen-bond acceptors (Lipinski definition) is 2. The molecule has 0 saturated carbocycles. The summed E-state index contributed by atoms with van der Waals surface area (Å²) in [4.78, 5) is 0. The fraction of sp³-hybridized carbons (Fsp3) is 0.765. The second kappa shape index (κ2) is 10.4. The molecule has 1 aromatic heterocycles. The van der Waals surface area contributed by atoms with Crippen LogP contribution >= 0.6 is 11.3 Å². The highest BCUT2D eigenvalue weighted by atomic mass is 32.1. The van der Waals surface area contributed by atoms with E-state index in [1.54, 1.807) is 0 Å². The molecule has 1 atom stereocenters. The van der Waals surface area contributed by atoms with Gasteiger partial charge in [-0.05, 0) is 48.2 Å². The number of aryl methyl sites for hydroxylation is 1. The zero-order valence-electron chi connectivity index (χ0n) is 13.0. The lowest BCUT2D eigenvalue weighted by atomic mass is 9.99. The average molecular weight is 282 g/mol. The summed E-state index contributed by atoms with van der Waals surface area (Å²) in [7, 11) is 0. The van der Waals surface area contributed by atoms with Gasteiger partial charge in [-0.1, -0.05) is 52.4 Å². The van der Waals surface area contributed by atoms with Gasteiger partial charge in [-0.25, -0.2) is 0 Å². The van der Waals surface area contributed by atoms with E-state index in [9.17, 15) is 0 Å². The van der Waals surface area contributed by atoms with Crippen molar-refractivity contribution in [3.63, 3.8) is 0 Å². The van der Waals surface area contributed by atoms with E-state index in [2.05, 4.69) is 36.8 Å². The van der Waals surface area contributed by atoms with Gasteiger partial charge in [-0.3, -0.25) is 0 Å². The Hall–Kier alpha value is -0.340. The van der Waals surface area contributed by atoms with Crippen molar-refractivity contribution in [2.75, 3.05) is 6.54 Å². The van der Waals surface area contributed by atoms with Gasteiger partial charge in [-0.2, -0.15) is 11.3 Å². The van der Waals surface area contributed by atoms with E-state index in [0.29, 0.717) is 6.04 Å². The predicted molar refractivity (Wildman–Crippen MR) is 88.1 cm³/mol. The summed E-state index contributed by atoms with van der Waals surface area (Å²) in [5, 5.41) is 8.33. The van der Waals surface area contributed by atoms with E-state index in [-0.39, 0.29) is 0 Å². The molecular formula is C17H31NS. The number of unbranched alkanes of at least 4 members (excludes halogenated alkanes) is 5. The van der Waals surface area contributed by atoms with Crippen LogP contribution < -0.4 is 5.32 Å². The van der Waals surface area contributed by atoms with Crippen LogP contribution in [0.1, 0.15) is 82.4 Å². The van der Waals surface area contributed by atoms with Crippen LogP contribution in [0.4, 0.5) is 0 Å². The molecule has 2 heteroatoms. The van der Waals surface area contributed by atoms with Crippen molar-refractivity contribution in [2.45, 2.75) is 78.2 Å². The van der Waals surface area contributed by atoms with E-state index >= 15 is 0 Å². The lowest BCUT2D eigenvalue weighted by Crippen LogP contribution is -2.22. The summed E-state index contributed by atoms with van der Waals surface area (Å²) in [5.74, 6) is 0. The number of nitrogens with one attached hydrogen (secondary N) is 1. The molecule has 0 spiro atoms. The maximum absolute atomic E-state index is 3.72. The molecule has 1 nitrogen and oxygen atoms in total. The molecule has 0 saturated heterocycles. The monoisotopic (exact) mass is 281 g/mol. The van der Waals surface area contributed by atoms with Gasteiger partial charge in [0.1, 0.15) is 0 Å². The first-order chi connectivity index (χ1) is 9.29. The summed E-state index contributed by atoms with van der Waals surface area (Å²) in [6.45, 7) is 7.91. The molecule has 1 N–H and O–H groups in total. The zero-order chi connectivity index (χ0) is 13.9. The summed E-state index contributed by atoms with van der Waals surface area (Å²) in [5.41, 5.74) is 3.00. The minimum Gasteiger partial charge on any atom is -0.310 e. The quantitative estimate of drug-likeness (QED) is 0.502. The van der Waals surface area contributed by atoms with Gasteiger partial charge in [0.2, 0.25) is 0 Å². The molecule has 1 aromatic rings. The molecule has 0 amide bonds. The molecule has 0 aliphatic carbocycles. The van der Waals surface area contributed by atoms with E-state index in [4.69, 9.17) is 0 Å². The average Bonchev–Trinajstić information content (AvgIpc) is 2.83. The minimum atomic E-state index is 0.581. The SMILES string of the molecule is CCCCCCCCC(NCCC)c1cscc1C. The highest BCUT2D eigenvalue weighted by Gasteiger charge is 2.13. The van der Waals surface area contributed by atoms with Crippen molar-refractivity contribution >= 4 is 11.3 Å². The number of thiophene rings is 1. The molecule has 0 aromatic carbocycles. The van der Waals surface area contributed by atoms with Gasteiger partial charge in [0.05, 0.1) is 0 Å². The second-order valence-corrected chi connectivity index (χ2v) is 6.32. The topological polar surface area (TPSA) is 12.0 Å². The molecule has 0 aliphatic heterocycles. The van der Waals surface area contributed by atoms with Crippen molar-refractivity contribution < 1.29 is 0 Å². The molecule has 0 aliphatic rings. The fourth-order valence-electron chi connectivity index (χ4n) is 2.54. The molecule has 0 fully saturated rings. The van der Waals surface area contributed by atoms with Crippen molar-refractivity contribution in [3.05, 3.63) is 21.9 Å². The van der Waals surface area contributed by atoms with Gasteiger partial charge in [0, 0.05) is 6.04 Å². The third kappa shape index (κ3) is 6.58. The normalized spacial score (nSPS) is 12.8. The van der Waals surface area contributed by atoms with Crippen LogP contribution in [0, 0.1) is 6.92 Å². The summed E-state index contributed by atoms with van der Waals surface area (Å²) in [6.07, 6.45) is 10.8. The Bertz CT molecular complexity index is 319. The Balaban J connectivity index is 2.32. The maximum Gasteiger partial charge on any atom is 0.0331 e. The standard InChI is InChI=1S/C17H31NS/c1-4-6-7-8-9-10-11-17(18-12-5-2)16-14-19-13-15(16)3/h13-14,17-18H,4-12H2,1-3H3. The third-order valence-electron chi connectivity index (χ3n) is 3.76.